The maximum absolute atomic E-state index is 8.25. The molecular formula is H10Cu2N4O17-4. The first-order valence-corrected chi connectivity index (χ1v) is 2.19. The minimum atomic E-state index is -1.75. The zero-order valence-electron chi connectivity index (χ0n) is 9.79. The van der Waals surface area contributed by atoms with Crippen LogP contribution in [-0.4, -0.2) is 47.7 Å². The molecule has 0 aromatic carbocycles. The molecule has 0 aliphatic carbocycles. The van der Waals surface area contributed by atoms with Crippen LogP contribution in [-0.2, 0) is 34.1 Å². The van der Waals surface area contributed by atoms with Crippen molar-refractivity contribution in [2.75, 3.05) is 0 Å². The summed E-state index contributed by atoms with van der Waals surface area (Å²) in [4.78, 5) is 33.0. The minimum absolute atomic E-state index is 0. The van der Waals surface area contributed by atoms with E-state index < -0.39 is 20.3 Å². The summed E-state index contributed by atoms with van der Waals surface area (Å²) >= 11 is 0. The average molecular weight is 465 g/mol. The van der Waals surface area contributed by atoms with E-state index in [0.29, 0.717) is 0 Å². The Morgan fingerprint density at radius 1 is 0.348 bits per heavy atom. The second kappa shape index (κ2) is 73.4. The molecule has 0 saturated carbocycles. The van der Waals surface area contributed by atoms with Crippen LogP contribution in [0.3, 0.4) is 0 Å². The molecule has 0 aromatic heterocycles. The Kier molecular flexibility index (Phi) is 274. The van der Waals surface area contributed by atoms with E-state index in [1.165, 1.54) is 0 Å². The van der Waals surface area contributed by atoms with Crippen LogP contribution in [0.15, 0.2) is 0 Å². The molecule has 158 valence electrons. The largest absolute Gasteiger partial charge is 0.412 e. The van der Waals surface area contributed by atoms with Crippen molar-refractivity contribution in [1.29, 1.82) is 0 Å². The second-order valence-corrected chi connectivity index (χ2v) is 0.894. The fraction of sp³-hybridized carbons (Fsp3) is 0. The summed E-state index contributed by atoms with van der Waals surface area (Å²) in [6.07, 6.45) is 0. The molecule has 23 heteroatoms. The van der Waals surface area contributed by atoms with Crippen LogP contribution < -0.4 is 0 Å². The first-order chi connectivity index (χ1) is 6.93. The fourth-order valence-corrected chi connectivity index (χ4v) is 0. The van der Waals surface area contributed by atoms with E-state index in [9.17, 15) is 0 Å². The van der Waals surface area contributed by atoms with Crippen LogP contribution in [0.25, 0.3) is 0 Å². The van der Waals surface area contributed by atoms with E-state index in [-0.39, 0.29) is 61.5 Å². The molecule has 0 heterocycles. The van der Waals surface area contributed by atoms with Gasteiger partial charge in [0.1, 0.15) is 0 Å². The van der Waals surface area contributed by atoms with Gasteiger partial charge in [-0.3, -0.25) is 0 Å². The predicted molar refractivity (Wildman–Crippen MR) is 59.5 cm³/mol. The van der Waals surface area contributed by atoms with Gasteiger partial charge < -0.3 is 88.7 Å². The standard InChI is InChI=1S/2Cu.4NO3.5H2O/c;;4*2-1(3)4;;;;;/h;;;;;;5*1H2/q;;4*-1;;;;;. The fourth-order valence-electron chi connectivity index (χ4n) is 0. The van der Waals surface area contributed by atoms with Crippen LogP contribution in [0.1, 0.15) is 0 Å². The predicted octanol–water partition coefficient (Wildman–Crippen LogP) is -5.08. The van der Waals surface area contributed by atoms with Gasteiger partial charge in [-0.1, -0.05) is 0 Å². The van der Waals surface area contributed by atoms with E-state index in [1.54, 1.807) is 0 Å². The normalized spacial score (nSPS) is 4.17. The van der Waals surface area contributed by atoms with E-state index in [4.69, 9.17) is 61.3 Å². The number of rotatable bonds is 0. The molecule has 0 atom stereocenters. The minimum Gasteiger partial charge on any atom is -0.412 e. The van der Waals surface area contributed by atoms with E-state index >= 15 is 0 Å². The first-order valence-electron chi connectivity index (χ1n) is 2.19. The molecule has 10 N–H and O–H groups in total. The second-order valence-electron chi connectivity index (χ2n) is 0.894. The smallest absolute Gasteiger partial charge is 0.0689 e. The third-order valence-electron chi connectivity index (χ3n) is 0. The molecule has 21 nitrogen and oxygen atoms in total. The topological polar surface area (TPSA) is 422 Å². The number of hydrogen-bond donors (Lipinski definition) is 0. The van der Waals surface area contributed by atoms with Crippen molar-refractivity contribution in [2.45, 2.75) is 0 Å². The van der Waals surface area contributed by atoms with E-state index in [2.05, 4.69) is 0 Å². The van der Waals surface area contributed by atoms with Gasteiger partial charge in [0, 0.05) is 34.1 Å². The van der Waals surface area contributed by atoms with Gasteiger partial charge in [-0.05, 0) is 0 Å². The summed E-state index contributed by atoms with van der Waals surface area (Å²) in [6, 6.07) is 0. The summed E-state index contributed by atoms with van der Waals surface area (Å²) in [5.41, 5.74) is 0. The van der Waals surface area contributed by atoms with Gasteiger partial charge in [-0.25, -0.2) is 0 Å². The Balaban J connectivity index is -0.00000000842. The monoisotopic (exact) mass is 464 g/mol. The summed E-state index contributed by atoms with van der Waals surface area (Å²) in [6.45, 7) is 0. The van der Waals surface area contributed by atoms with Crippen LogP contribution in [0.4, 0.5) is 0 Å². The average Bonchev–Trinajstić information content (AvgIpc) is 1.76. The molecule has 0 spiro atoms. The van der Waals surface area contributed by atoms with Gasteiger partial charge >= 0.3 is 0 Å². The van der Waals surface area contributed by atoms with Gasteiger partial charge in [0.25, 0.3) is 0 Å². The molecule has 0 aliphatic rings. The summed E-state index contributed by atoms with van der Waals surface area (Å²) in [5, 5.41) is 59.0. The molecule has 0 bridgehead atoms. The molecule has 2 radical (unpaired) electrons. The maximum Gasteiger partial charge on any atom is 0.0689 e. The molecule has 0 amide bonds. The molecule has 0 unspecified atom stereocenters. The Morgan fingerprint density at radius 3 is 0.348 bits per heavy atom. The van der Waals surface area contributed by atoms with Crippen molar-refractivity contribution in [3.63, 3.8) is 0 Å². The van der Waals surface area contributed by atoms with Crippen LogP contribution in [0.5, 0.6) is 0 Å². The van der Waals surface area contributed by atoms with Crippen molar-refractivity contribution in [2.24, 2.45) is 0 Å². The molecular weight excluding hydrogens is 455 g/mol. The Labute approximate surface area is 144 Å². The summed E-state index contributed by atoms with van der Waals surface area (Å²) in [5.74, 6) is 0. The summed E-state index contributed by atoms with van der Waals surface area (Å²) in [7, 11) is 0. The van der Waals surface area contributed by atoms with Gasteiger partial charge in [0.15, 0.2) is 0 Å². The summed E-state index contributed by atoms with van der Waals surface area (Å²) < 4.78 is 0. The third kappa shape index (κ3) is 1100. The Hall–Kier alpha value is -2.36. The van der Waals surface area contributed by atoms with Crippen molar-refractivity contribution >= 4 is 0 Å². The quantitative estimate of drug-likeness (QED) is 0.184. The third-order valence-corrected chi connectivity index (χ3v) is 0. The van der Waals surface area contributed by atoms with Crippen molar-refractivity contribution < 1.29 is 81.9 Å². The molecule has 0 aromatic rings. The van der Waals surface area contributed by atoms with Crippen molar-refractivity contribution in [1.82, 2.24) is 0 Å². The van der Waals surface area contributed by atoms with Crippen LogP contribution >= 0.6 is 0 Å². The number of hydrogen-bond acceptors (Lipinski definition) is 12. The molecule has 0 rings (SSSR count). The molecule has 0 aliphatic heterocycles. The van der Waals surface area contributed by atoms with Crippen molar-refractivity contribution in [3.05, 3.63) is 61.3 Å². The maximum atomic E-state index is 8.25. The zero-order valence-corrected chi connectivity index (χ0v) is 11.7. The molecule has 23 heavy (non-hydrogen) atoms. The van der Waals surface area contributed by atoms with Crippen LogP contribution in [0.2, 0.25) is 0 Å². The Bertz CT molecular complexity index is 165. The van der Waals surface area contributed by atoms with Gasteiger partial charge in [0.05, 0.1) is 20.3 Å². The van der Waals surface area contributed by atoms with Gasteiger partial charge in [0.2, 0.25) is 0 Å². The first kappa shape index (κ1) is 85.7. The zero-order chi connectivity index (χ0) is 14.3. The van der Waals surface area contributed by atoms with Gasteiger partial charge in [-0.2, -0.15) is 0 Å². The molecule has 0 fully saturated rings. The molecule has 0 saturated heterocycles. The Morgan fingerprint density at radius 2 is 0.348 bits per heavy atom. The number of nitrogens with zero attached hydrogens (tertiary/aromatic N) is 4. The van der Waals surface area contributed by atoms with Gasteiger partial charge in [-0.15, -0.1) is 0 Å². The van der Waals surface area contributed by atoms with E-state index in [0.717, 1.165) is 0 Å². The van der Waals surface area contributed by atoms with Crippen LogP contribution in [0, 0.1) is 61.3 Å². The van der Waals surface area contributed by atoms with Crippen molar-refractivity contribution in [3.8, 4) is 0 Å². The van der Waals surface area contributed by atoms with E-state index in [1.807, 2.05) is 0 Å². The SMILES string of the molecule is O.O.O.O.O.O=[N+]([O-])[O-].O=[N+]([O-])[O-].O=[N+]([O-])[O-].O=[N+]([O-])[O-].[Cu].[Cu].